The number of nitrogens with one attached hydrogen (secondary N) is 2. The minimum Gasteiger partial charge on any atom is -0.361 e. The fourth-order valence-corrected chi connectivity index (χ4v) is 2.48. The van der Waals surface area contributed by atoms with Crippen LogP contribution < -0.4 is 10.6 Å². The molecule has 3 rings (SSSR count). The van der Waals surface area contributed by atoms with Crippen LogP contribution in [0.3, 0.4) is 0 Å². The third-order valence-corrected chi connectivity index (χ3v) is 3.88. The van der Waals surface area contributed by atoms with Gasteiger partial charge in [0.05, 0.1) is 16.8 Å². The fraction of sp³-hybridized carbons (Fsp3) is 0.0556. The molecule has 0 aliphatic heterocycles. The molecule has 0 saturated carbocycles. The quantitative estimate of drug-likeness (QED) is 0.714. The maximum atomic E-state index is 13.1. The molecule has 26 heavy (non-hydrogen) atoms. The highest BCUT2D eigenvalue weighted by atomic mass is 35.5. The van der Waals surface area contributed by atoms with E-state index in [0.717, 1.165) is 12.1 Å². The molecule has 0 aliphatic carbocycles. The Morgan fingerprint density at radius 1 is 1.00 bits per heavy atom. The van der Waals surface area contributed by atoms with E-state index in [0.29, 0.717) is 22.7 Å². The zero-order valence-corrected chi connectivity index (χ0v) is 14.3. The second-order valence-corrected chi connectivity index (χ2v) is 5.81. The smallest absolute Gasteiger partial charge is 0.260 e. The topological polar surface area (TPSA) is 84.2 Å². The largest absolute Gasteiger partial charge is 0.361 e. The van der Waals surface area contributed by atoms with Gasteiger partial charge in [0.25, 0.3) is 11.8 Å². The molecule has 2 N–H and O–H groups in total. The first-order valence-corrected chi connectivity index (χ1v) is 7.91. The van der Waals surface area contributed by atoms with Crippen LogP contribution in [0.1, 0.15) is 26.5 Å². The van der Waals surface area contributed by atoms with E-state index in [1.807, 2.05) is 0 Å². The molecule has 3 aromatic rings. The highest BCUT2D eigenvalue weighted by Crippen LogP contribution is 2.20. The van der Waals surface area contributed by atoms with Gasteiger partial charge in [0.2, 0.25) is 0 Å². The van der Waals surface area contributed by atoms with Crippen LogP contribution in [-0.2, 0) is 0 Å². The number of anilines is 2. The molecule has 0 spiro atoms. The number of aryl methyl sites for hydroxylation is 1. The van der Waals surface area contributed by atoms with Crippen LogP contribution in [0.25, 0.3) is 0 Å². The number of benzene rings is 2. The Morgan fingerprint density at radius 2 is 1.58 bits per heavy atom. The molecule has 0 aliphatic rings. The summed E-state index contributed by atoms with van der Waals surface area (Å²) >= 11 is 5.87. The maximum absolute atomic E-state index is 13.1. The van der Waals surface area contributed by atoms with Crippen LogP contribution in [-0.4, -0.2) is 17.0 Å². The molecule has 0 atom stereocenters. The summed E-state index contributed by atoms with van der Waals surface area (Å²) in [4.78, 5) is 24.3. The number of hydrogen-bond donors (Lipinski definition) is 2. The Kier molecular flexibility index (Phi) is 4.99. The first kappa shape index (κ1) is 17.6. The van der Waals surface area contributed by atoms with Crippen molar-refractivity contribution >= 4 is 34.8 Å². The summed E-state index contributed by atoms with van der Waals surface area (Å²) in [6, 6.07) is 10.0. The number of carbonyl (C=O) groups excluding carboxylic acids is 2. The zero-order valence-electron chi connectivity index (χ0n) is 13.5. The summed E-state index contributed by atoms with van der Waals surface area (Å²) in [7, 11) is 0. The summed E-state index contributed by atoms with van der Waals surface area (Å²) in [5.41, 5.74) is 1.53. The summed E-state index contributed by atoms with van der Waals surface area (Å²) in [5, 5.41) is 8.93. The van der Waals surface area contributed by atoms with Crippen molar-refractivity contribution in [3.63, 3.8) is 0 Å². The third-order valence-electron chi connectivity index (χ3n) is 3.57. The molecule has 0 bridgehead atoms. The van der Waals surface area contributed by atoms with E-state index in [9.17, 15) is 14.0 Å². The Labute approximate surface area is 152 Å². The molecule has 132 valence electrons. The van der Waals surface area contributed by atoms with Crippen molar-refractivity contribution in [1.29, 1.82) is 0 Å². The van der Waals surface area contributed by atoms with E-state index in [1.54, 1.807) is 31.2 Å². The van der Waals surface area contributed by atoms with Crippen LogP contribution in [0.2, 0.25) is 5.02 Å². The molecule has 1 aromatic heterocycles. The molecule has 0 fully saturated rings. The van der Waals surface area contributed by atoms with Crippen LogP contribution in [0.15, 0.2) is 53.2 Å². The first-order valence-electron chi connectivity index (χ1n) is 7.53. The minimum absolute atomic E-state index is 0.0236. The van der Waals surface area contributed by atoms with Crippen molar-refractivity contribution in [2.24, 2.45) is 0 Å². The molecular weight excluding hydrogens is 361 g/mol. The summed E-state index contributed by atoms with van der Waals surface area (Å²) in [6.07, 6.45) is 1.34. The summed E-state index contributed by atoms with van der Waals surface area (Å²) in [5.74, 6) is -0.914. The van der Waals surface area contributed by atoms with Crippen LogP contribution in [0, 0.1) is 12.7 Å². The van der Waals surface area contributed by atoms with Crippen molar-refractivity contribution < 1.29 is 18.5 Å². The fourth-order valence-electron chi connectivity index (χ4n) is 2.22. The van der Waals surface area contributed by atoms with Gasteiger partial charge in [-0.05, 0) is 49.4 Å². The lowest BCUT2D eigenvalue weighted by atomic mass is 10.2. The Balaban J connectivity index is 1.67. The van der Waals surface area contributed by atoms with Crippen molar-refractivity contribution in [3.8, 4) is 0 Å². The van der Waals surface area contributed by atoms with Gasteiger partial charge in [0, 0.05) is 11.4 Å². The second-order valence-electron chi connectivity index (χ2n) is 5.41. The number of hydrogen-bond acceptors (Lipinski definition) is 4. The van der Waals surface area contributed by atoms with Gasteiger partial charge in [-0.1, -0.05) is 16.8 Å². The number of halogens is 2. The molecule has 8 heteroatoms. The highest BCUT2D eigenvalue weighted by Gasteiger charge is 2.14. The van der Waals surface area contributed by atoms with E-state index in [1.165, 1.54) is 12.3 Å². The Morgan fingerprint density at radius 3 is 2.08 bits per heavy atom. The Bertz CT molecular complexity index is 970. The molecule has 2 aromatic carbocycles. The molecule has 0 radical (unpaired) electrons. The van der Waals surface area contributed by atoms with Gasteiger partial charge in [0.15, 0.2) is 0 Å². The van der Waals surface area contributed by atoms with Gasteiger partial charge in [0.1, 0.15) is 17.1 Å². The number of amides is 2. The zero-order chi connectivity index (χ0) is 18.7. The molecular formula is C18H13ClFN3O3. The van der Waals surface area contributed by atoms with E-state index < -0.39 is 11.7 Å². The van der Waals surface area contributed by atoms with Crippen LogP contribution >= 0.6 is 11.6 Å². The summed E-state index contributed by atoms with van der Waals surface area (Å²) < 4.78 is 17.9. The average Bonchev–Trinajstić information content (AvgIpc) is 3.02. The Hall–Kier alpha value is -3.19. The van der Waals surface area contributed by atoms with Gasteiger partial charge in [-0.2, -0.15) is 0 Å². The van der Waals surface area contributed by atoms with Gasteiger partial charge >= 0.3 is 0 Å². The van der Waals surface area contributed by atoms with Crippen molar-refractivity contribution in [3.05, 3.63) is 76.4 Å². The van der Waals surface area contributed by atoms with Crippen LogP contribution in [0.4, 0.5) is 15.8 Å². The predicted molar refractivity (Wildman–Crippen MR) is 95.0 cm³/mol. The van der Waals surface area contributed by atoms with Crippen LogP contribution in [0.5, 0.6) is 0 Å². The summed E-state index contributed by atoms with van der Waals surface area (Å²) in [6.45, 7) is 1.64. The van der Waals surface area contributed by atoms with Crippen molar-refractivity contribution in [2.45, 2.75) is 6.92 Å². The first-order chi connectivity index (χ1) is 12.4. The molecule has 2 amide bonds. The number of carbonyl (C=O) groups is 2. The number of rotatable bonds is 4. The molecule has 1 heterocycles. The lowest BCUT2D eigenvalue weighted by Gasteiger charge is -2.08. The third kappa shape index (κ3) is 3.89. The average molecular weight is 374 g/mol. The molecule has 0 unspecified atom stereocenters. The minimum atomic E-state index is -0.519. The number of nitrogens with zero attached hydrogens (tertiary/aromatic N) is 1. The monoisotopic (exact) mass is 373 g/mol. The van der Waals surface area contributed by atoms with E-state index in [4.69, 9.17) is 16.1 Å². The van der Waals surface area contributed by atoms with E-state index >= 15 is 0 Å². The highest BCUT2D eigenvalue weighted by molar-refractivity contribution is 6.34. The molecule has 0 saturated heterocycles. The predicted octanol–water partition coefficient (Wildman–Crippen LogP) is 4.28. The van der Waals surface area contributed by atoms with Crippen molar-refractivity contribution in [1.82, 2.24) is 5.16 Å². The number of aromatic nitrogens is 1. The lowest BCUT2D eigenvalue weighted by molar-refractivity contribution is 0.101. The van der Waals surface area contributed by atoms with Gasteiger partial charge in [-0.25, -0.2) is 4.39 Å². The normalized spacial score (nSPS) is 10.4. The standard InChI is InChI=1S/C18H13ClFN3O3/c1-10-15(9-21-26-10)18(25)23-13-5-3-12(4-6-13)22-17(24)14-7-2-11(20)8-16(14)19/h2-9H,1H3,(H,22,24)(H,23,25). The van der Waals surface area contributed by atoms with Crippen molar-refractivity contribution in [2.75, 3.05) is 10.6 Å². The van der Waals surface area contributed by atoms with Gasteiger partial charge < -0.3 is 15.2 Å². The van der Waals surface area contributed by atoms with Gasteiger partial charge in [-0.15, -0.1) is 0 Å². The maximum Gasteiger partial charge on any atom is 0.260 e. The second kappa shape index (κ2) is 7.37. The molecule has 6 nitrogen and oxygen atoms in total. The SMILES string of the molecule is Cc1oncc1C(=O)Nc1ccc(NC(=O)c2ccc(F)cc2Cl)cc1. The lowest BCUT2D eigenvalue weighted by Crippen LogP contribution is -2.13. The van der Waals surface area contributed by atoms with E-state index in [-0.39, 0.29) is 16.5 Å². The van der Waals surface area contributed by atoms with Gasteiger partial charge in [-0.3, -0.25) is 9.59 Å². The van der Waals surface area contributed by atoms with E-state index in [2.05, 4.69) is 15.8 Å².